The maximum absolute atomic E-state index is 13.2. The van der Waals surface area contributed by atoms with Crippen molar-refractivity contribution in [1.29, 1.82) is 0 Å². The van der Waals surface area contributed by atoms with Gasteiger partial charge in [0.05, 0.1) is 0 Å². The molecule has 2 fully saturated rings. The monoisotopic (exact) mass is 435 g/mol. The highest BCUT2D eigenvalue weighted by atomic mass is 16.5. The summed E-state index contributed by atoms with van der Waals surface area (Å²) in [6.45, 7) is 6.01. The molecule has 1 aliphatic heterocycles. The Balaban J connectivity index is 1.38. The van der Waals surface area contributed by atoms with Gasteiger partial charge >= 0.3 is 6.03 Å². The number of carbonyl (C=O) groups is 3. The number of imide groups is 1. The fourth-order valence-corrected chi connectivity index (χ4v) is 5.22. The number of nitrogens with one attached hydrogen (secondary N) is 2. The molecule has 32 heavy (non-hydrogen) atoms. The summed E-state index contributed by atoms with van der Waals surface area (Å²) < 4.78 is 5.74. The van der Waals surface area contributed by atoms with Gasteiger partial charge < -0.3 is 15.4 Å². The van der Waals surface area contributed by atoms with Gasteiger partial charge in [-0.3, -0.25) is 14.5 Å². The summed E-state index contributed by atoms with van der Waals surface area (Å²) in [5, 5.41) is 5.64. The average molecular weight is 436 g/mol. The van der Waals surface area contributed by atoms with E-state index in [2.05, 4.69) is 31.4 Å². The smallest absolute Gasteiger partial charge is 0.325 e. The van der Waals surface area contributed by atoms with Crippen molar-refractivity contribution in [3.8, 4) is 11.5 Å². The van der Waals surface area contributed by atoms with E-state index in [1.807, 2.05) is 30.3 Å². The number of ether oxygens (including phenoxy) is 1. The summed E-state index contributed by atoms with van der Waals surface area (Å²) in [6.07, 6.45) is 2.18. The number of hydrogen-bond donors (Lipinski definition) is 2. The van der Waals surface area contributed by atoms with Gasteiger partial charge in [-0.25, -0.2) is 4.79 Å². The van der Waals surface area contributed by atoms with Crippen LogP contribution in [0.2, 0.25) is 0 Å². The van der Waals surface area contributed by atoms with Gasteiger partial charge in [0, 0.05) is 5.69 Å². The molecule has 1 aliphatic carbocycles. The van der Waals surface area contributed by atoms with Crippen LogP contribution in [0.1, 0.15) is 40.0 Å². The largest absolute Gasteiger partial charge is 0.457 e. The molecule has 1 spiro atoms. The highest BCUT2D eigenvalue weighted by Gasteiger charge is 2.56. The first-order valence-corrected chi connectivity index (χ1v) is 10.9. The molecule has 1 saturated heterocycles. The SMILES string of the molecule is CC1CC(C)(C)CC2(C1)NC(=O)N(CC(=O)Nc1ccc(Oc3ccccc3)cc1)C2=O. The fourth-order valence-electron chi connectivity index (χ4n) is 5.22. The third-order valence-corrected chi connectivity index (χ3v) is 6.04. The van der Waals surface area contributed by atoms with Crippen molar-refractivity contribution >= 4 is 23.5 Å². The Morgan fingerprint density at radius 3 is 2.38 bits per heavy atom. The molecule has 0 aromatic heterocycles. The van der Waals surface area contributed by atoms with E-state index in [4.69, 9.17) is 4.74 Å². The van der Waals surface area contributed by atoms with Crippen molar-refractivity contribution < 1.29 is 19.1 Å². The first kappa shape index (κ1) is 21.9. The molecule has 7 nitrogen and oxygen atoms in total. The molecule has 0 bridgehead atoms. The normalized spacial score (nSPS) is 24.3. The van der Waals surface area contributed by atoms with Crippen LogP contribution in [-0.2, 0) is 9.59 Å². The minimum atomic E-state index is -0.908. The molecule has 1 heterocycles. The maximum Gasteiger partial charge on any atom is 0.325 e. The molecule has 0 radical (unpaired) electrons. The van der Waals surface area contributed by atoms with Crippen LogP contribution in [0.4, 0.5) is 10.5 Å². The first-order chi connectivity index (χ1) is 15.2. The summed E-state index contributed by atoms with van der Waals surface area (Å²) in [6, 6.07) is 15.8. The van der Waals surface area contributed by atoms with Crippen LogP contribution in [0.25, 0.3) is 0 Å². The van der Waals surface area contributed by atoms with Crippen LogP contribution >= 0.6 is 0 Å². The number of anilines is 1. The zero-order chi connectivity index (χ0) is 22.9. The highest BCUT2D eigenvalue weighted by molar-refractivity contribution is 6.10. The highest BCUT2D eigenvalue weighted by Crippen LogP contribution is 2.46. The Morgan fingerprint density at radius 1 is 1.06 bits per heavy atom. The molecule has 4 amide bonds. The molecule has 2 N–H and O–H groups in total. The lowest BCUT2D eigenvalue weighted by atomic mass is 9.64. The Morgan fingerprint density at radius 2 is 1.72 bits per heavy atom. The van der Waals surface area contributed by atoms with Crippen molar-refractivity contribution in [2.75, 3.05) is 11.9 Å². The van der Waals surface area contributed by atoms with Crippen LogP contribution in [-0.4, -0.2) is 34.8 Å². The Hall–Kier alpha value is -3.35. The molecule has 2 aromatic rings. The van der Waals surface area contributed by atoms with Gasteiger partial charge in [0.15, 0.2) is 0 Å². The predicted molar refractivity (Wildman–Crippen MR) is 121 cm³/mol. The number of amides is 4. The lowest BCUT2D eigenvalue weighted by Gasteiger charge is -2.43. The van der Waals surface area contributed by atoms with Crippen molar-refractivity contribution in [3.63, 3.8) is 0 Å². The quantitative estimate of drug-likeness (QED) is 0.674. The zero-order valence-electron chi connectivity index (χ0n) is 18.7. The van der Waals surface area contributed by atoms with Gasteiger partial charge in [-0.1, -0.05) is 39.0 Å². The third kappa shape index (κ3) is 4.61. The standard InChI is InChI=1S/C25H29N3O4/c1-17-13-24(2,3)16-25(14-17)22(30)28(23(31)27-25)15-21(29)26-18-9-11-20(12-10-18)32-19-7-5-4-6-8-19/h4-12,17H,13-16H2,1-3H3,(H,26,29)(H,27,31). The minimum Gasteiger partial charge on any atom is -0.457 e. The zero-order valence-corrected chi connectivity index (χ0v) is 18.7. The van der Waals surface area contributed by atoms with Gasteiger partial charge in [0.2, 0.25) is 5.91 Å². The lowest BCUT2D eigenvalue weighted by molar-refractivity contribution is -0.136. The summed E-state index contributed by atoms with van der Waals surface area (Å²) in [5.41, 5.74) is -0.401. The second-order valence-electron chi connectivity index (χ2n) is 9.75. The van der Waals surface area contributed by atoms with E-state index in [9.17, 15) is 14.4 Å². The van der Waals surface area contributed by atoms with Crippen LogP contribution in [0, 0.1) is 11.3 Å². The molecule has 168 valence electrons. The van der Waals surface area contributed by atoms with E-state index in [-0.39, 0.29) is 17.9 Å². The van der Waals surface area contributed by atoms with Gasteiger partial charge in [-0.15, -0.1) is 0 Å². The summed E-state index contributed by atoms with van der Waals surface area (Å²) in [4.78, 5) is 39.4. The average Bonchev–Trinajstić information content (AvgIpc) is 2.92. The second kappa shape index (κ2) is 8.30. The summed E-state index contributed by atoms with van der Waals surface area (Å²) in [5.74, 6) is 0.943. The van der Waals surface area contributed by atoms with E-state index in [0.29, 0.717) is 30.2 Å². The number of rotatable bonds is 5. The van der Waals surface area contributed by atoms with E-state index in [1.165, 1.54) is 0 Å². The summed E-state index contributed by atoms with van der Waals surface area (Å²) in [7, 11) is 0. The molecular formula is C25H29N3O4. The minimum absolute atomic E-state index is 0.0531. The number of para-hydroxylation sites is 1. The number of benzene rings is 2. The second-order valence-corrected chi connectivity index (χ2v) is 9.75. The van der Waals surface area contributed by atoms with Gasteiger partial charge in [0.25, 0.3) is 5.91 Å². The Kier molecular flexibility index (Phi) is 5.67. The number of carbonyl (C=O) groups excluding carboxylic acids is 3. The topological polar surface area (TPSA) is 87.7 Å². The van der Waals surface area contributed by atoms with E-state index in [1.54, 1.807) is 24.3 Å². The number of hydrogen-bond acceptors (Lipinski definition) is 4. The predicted octanol–water partition coefficient (Wildman–Crippen LogP) is 4.55. The van der Waals surface area contributed by atoms with Crippen LogP contribution < -0.4 is 15.4 Å². The number of nitrogens with zero attached hydrogens (tertiary/aromatic N) is 1. The van der Waals surface area contributed by atoms with E-state index >= 15 is 0 Å². The Labute approximate surface area is 188 Å². The molecule has 2 atom stereocenters. The van der Waals surface area contributed by atoms with Gasteiger partial charge in [0.1, 0.15) is 23.6 Å². The van der Waals surface area contributed by atoms with Crippen molar-refractivity contribution in [1.82, 2.24) is 10.2 Å². The Bertz CT molecular complexity index is 1020. The maximum atomic E-state index is 13.2. The lowest BCUT2D eigenvalue weighted by Crippen LogP contribution is -2.54. The van der Waals surface area contributed by atoms with Crippen molar-refractivity contribution in [2.45, 2.75) is 45.6 Å². The fraction of sp³-hybridized carbons (Fsp3) is 0.400. The first-order valence-electron chi connectivity index (χ1n) is 10.9. The molecule has 7 heteroatoms. The third-order valence-electron chi connectivity index (χ3n) is 6.04. The van der Waals surface area contributed by atoms with Gasteiger partial charge in [-0.2, -0.15) is 0 Å². The van der Waals surface area contributed by atoms with E-state index < -0.39 is 17.5 Å². The molecule has 2 unspecified atom stereocenters. The molecule has 1 saturated carbocycles. The molecule has 2 aromatic carbocycles. The molecule has 4 rings (SSSR count). The van der Waals surface area contributed by atoms with Crippen molar-refractivity contribution in [3.05, 3.63) is 54.6 Å². The molecular weight excluding hydrogens is 406 g/mol. The number of urea groups is 1. The van der Waals surface area contributed by atoms with Crippen LogP contribution in [0.15, 0.2) is 54.6 Å². The van der Waals surface area contributed by atoms with Crippen LogP contribution in [0.3, 0.4) is 0 Å². The van der Waals surface area contributed by atoms with Crippen molar-refractivity contribution in [2.24, 2.45) is 11.3 Å². The van der Waals surface area contributed by atoms with Crippen LogP contribution in [0.5, 0.6) is 11.5 Å². The molecule has 2 aliphatic rings. The summed E-state index contributed by atoms with van der Waals surface area (Å²) >= 11 is 0. The van der Waals surface area contributed by atoms with E-state index in [0.717, 1.165) is 17.1 Å². The van der Waals surface area contributed by atoms with Gasteiger partial charge in [-0.05, 0) is 67.0 Å².